The van der Waals surface area contributed by atoms with Gasteiger partial charge in [-0.3, -0.25) is 4.79 Å². The van der Waals surface area contributed by atoms with Crippen LogP contribution in [0.5, 0.6) is 0 Å². The van der Waals surface area contributed by atoms with Crippen molar-refractivity contribution in [3.8, 4) is 11.1 Å². The molecule has 1 unspecified atom stereocenters. The first-order valence-electron chi connectivity index (χ1n) is 5.78. The molecule has 2 nitrogen and oxygen atoms in total. The van der Waals surface area contributed by atoms with Gasteiger partial charge in [0.2, 0.25) is 5.91 Å². The van der Waals surface area contributed by atoms with Crippen molar-refractivity contribution in [3.05, 3.63) is 60.2 Å². The van der Waals surface area contributed by atoms with Crippen LogP contribution in [0.15, 0.2) is 54.6 Å². The largest absolute Gasteiger partial charge is 0.349 e. The van der Waals surface area contributed by atoms with Crippen LogP contribution in [0.2, 0.25) is 0 Å². The summed E-state index contributed by atoms with van der Waals surface area (Å²) >= 11 is 0. The molecule has 2 aromatic carbocycles. The number of rotatable bonds is 2. The van der Waals surface area contributed by atoms with E-state index < -0.39 is 0 Å². The lowest BCUT2D eigenvalue weighted by Crippen LogP contribution is -2.41. The van der Waals surface area contributed by atoms with Gasteiger partial charge in [0.25, 0.3) is 0 Å². The van der Waals surface area contributed by atoms with Gasteiger partial charge in [0.1, 0.15) is 0 Å². The summed E-state index contributed by atoms with van der Waals surface area (Å²) < 4.78 is 0. The van der Waals surface area contributed by atoms with E-state index in [1.165, 1.54) is 16.7 Å². The van der Waals surface area contributed by atoms with Crippen LogP contribution >= 0.6 is 0 Å². The van der Waals surface area contributed by atoms with Gasteiger partial charge in [-0.1, -0.05) is 54.6 Å². The highest BCUT2D eigenvalue weighted by Gasteiger charge is 2.26. The third-order valence-corrected chi connectivity index (χ3v) is 3.14. The first-order valence-corrected chi connectivity index (χ1v) is 5.78. The van der Waals surface area contributed by atoms with Gasteiger partial charge in [-0.2, -0.15) is 0 Å². The summed E-state index contributed by atoms with van der Waals surface area (Å²) in [6.07, 6.45) is 0.616. The summed E-state index contributed by atoms with van der Waals surface area (Å²) in [7, 11) is 0. The minimum absolute atomic E-state index is 0.141. The van der Waals surface area contributed by atoms with E-state index >= 15 is 0 Å². The summed E-state index contributed by atoms with van der Waals surface area (Å²) in [4.78, 5) is 10.9. The molecule has 1 fully saturated rings. The number of benzene rings is 2. The standard InChI is InChI=1S/C15H13NO/c17-15-10-14(16-15)13-8-6-12(7-9-13)11-4-2-1-3-5-11/h1-9,14H,10H2,(H,16,17). The second-order valence-corrected chi connectivity index (χ2v) is 4.31. The molecule has 1 aliphatic heterocycles. The molecule has 1 heterocycles. The monoisotopic (exact) mass is 223 g/mol. The number of hydrogen-bond donors (Lipinski definition) is 1. The van der Waals surface area contributed by atoms with E-state index in [1.54, 1.807) is 0 Å². The molecule has 17 heavy (non-hydrogen) atoms. The summed E-state index contributed by atoms with van der Waals surface area (Å²) in [5.74, 6) is 0.141. The lowest BCUT2D eigenvalue weighted by Gasteiger charge is -2.27. The lowest BCUT2D eigenvalue weighted by molar-refractivity contribution is -0.128. The number of amides is 1. The Morgan fingerprint density at radius 3 is 2.06 bits per heavy atom. The number of carbonyl (C=O) groups is 1. The average Bonchev–Trinajstić information content (AvgIpc) is 2.36. The minimum atomic E-state index is 0.141. The van der Waals surface area contributed by atoms with Gasteiger partial charge in [-0.05, 0) is 16.7 Å². The van der Waals surface area contributed by atoms with Crippen molar-refractivity contribution < 1.29 is 4.79 Å². The van der Waals surface area contributed by atoms with E-state index in [1.807, 2.05) is 18.2 Å². The van der Waals surface area contributed by atoms with Crippen LogP contribution in [0.1, 0.15) is 18.0 Å². The maximum Gasteiger partial charge on any atom is 0.222 e. The third kappa shape index (κ3) is 1.94. The van der Waals surface area contributed by atoms with Gasteiger partial charge in [-0.15, -0.1) is 0 Å². The van der Waals surface area contributed by atoms with Gasteiger partial charge in [0, 0.05) is 0 Å². The summed E-state index contributed by atoms with van der Waals surface area (Å²) in [5.41, 5.74) is 3.61. The second kappa shape index (κ2) is 4.06. The average molecular weight is 223 g/mol. The Morgan fingerprint density at radius 1 is 0.882 bits per heavy atom. The second-order valence-electron chi connectivity index (χ2n) is 4.31. The van der Waals surface area contributed by atoms with Crippen molar-refractivity contribution in [3.63, 3.8) is 0 Å². The van der Waals surface area contributed by atoms with Crippen LogP contribution in [-0.2, 0) is 4.79 Å². The smallest absolute Gasteiger partial charge is 0.222 e. The molecule has 0 aliphatic carbocycles. The van der Waals surface area contributed by atoms with Gasteiger partial charge in [0.15, 0.2) is 0 Å². The number of hydrogen-bond acceptors (Lipinski definition) is 1. The van der Waals surface area contributed by atoms with Crippen LogP contribution < -0.4 is 5.32 Å². The van der Waals surface area contributed by atoms with Gasteiger partial charge >= 0.3 is 0 Å². The predicted molar refractivity (Wildman–Crippen MR) is 67.4 cm³/mol. The van der Waals surface area contributed by atoms with Crippen LogP contribution in [0.4, 0.5) is 0 Å². The first-order chi connectivity index (χ1) is 8.33. The Bertz CT molecular complexity index is 523. The Kier molecular flexibility index (Phi) is 2.41. The Morgan fingerprint density at radius 2 is 1.47 bits per heavy atom. The molecule has 3 rings (SSSR count). The molecule has 0 saturated carbocycles. The van der Waals surface area contributed by atoms with Crippen LogP contribution in [0, 0.1) is 0 Å². The fraction of sp³-hybridized carbons (Fsp3) is 0.133. The van der Waals surface area contributed by atoms with Gasteiger partial charge < -0.3 is 5.32 Å². The molecule has 2 heteroatoms. The van der Waals surface area contributed by atoms with Crippen LogP contribution in [0.3, 0.4) is 0 Å². The zero-order valence-corrected chi connectivity index (χ0v) is 9.39. The quantitative estimate of drug-likeness (QED) is 0.779. The molecule has 84 valence electrons. The number of nitrogens with one attached hydrogen (secondary N) is 1. The van der Waals surface area contributed by atoms with Crippen LogP contribution in [0.25, 0.3) is 11.1 Å². The molecule has 0 spiro atoms. The summed E-state index contributed by atoms with van der Waals surface area (Å²) in [6.45, 7) is 0. The van der Waals surface area contributed by atoms with E-state index in [9.17, 15) is 4.79 Å². The predicted octanol–water partition coefficient (Wildman–Crippen LogP) is 2.91. The lowest BCUT2D eigenvalue weighted by atomic mass is 9.95. The molecule has 2 aromatic rings. The van der Waals surface area contributed by atoms with E-state index in [0.717, 1.165) is 0 Å². The molecule has 0 radical (unpaired) electrons. The molecular weight excluding hydrogens is 210 g/mol. The van der Waals surface area contributed by atoms with Gasteiger partial charge in [0.05, 0.1) is 12.5 Å². The molecule has 1 amide bonds. The fourth-order valence-corrected chi connectivity index (χ4v) is 2.10. The molecule has 1 saturated heterocycles. The molecule has 1 aliphatic rings. The molecule has 1 atom stereocenters. The van der Waals surface area contributed by atoms with Crippen molar-refractivity contribution in [2.45, 2.75) is 12.5 Å². The molecule has 0 bridgehead atoms. The summed E-state index contributed by atoms with van der Waals surface area (Å²) in [6, 6.07) is 18.9. The Balaban J connectivity index is 1.83. The Hall–Kier alpha value is -2.09. The van der Waals surface area contributed by atoms with Crippen molar-refractivity contribution in [1.29, 1.82) is 0 Å². The maximum atomic E-state index is 10.9. The fourth-order valence-electron chi connectivity index (χ4n) is 2.10. The zero-order chi connectivity index (χ0) is 11.7. The van der Waals surface area contributed by atoms with E-state index in [2.05, 4.69) is 41.7 Å². The van der Waals surface area contributed by atoms with E-state index in [-0.39, 0.29) is 11.9 Å². The van der Waals surface area contributed by atoms with Gasteiger partial charge in [-0.25, -0.2) is 0 Å². The third-order valence-electron chi connectivity index (χ3n) is 3.14. The molecule has 1 N–H and O–H groups in total. The summed E-state index contributed by atoms with van der Waals surface area (Å²) in [5, 5.41) is 2.88. The highest BCUT2D eigenvalue weighted by molar-refractivity contribution is 5.83. The van der Waals surface area contributed by atoms with Crippen molar-refractivity contribution >= 4 is 5.91 Å². The topological polar surface area (TPSA) is 29.1 Å². The normalized spacial score (nSPS) is 18.4. The van der Waals surface area contributed by atoms with E-state index in [4.69, 9.17) is 0 Å². The number of carbonyl (C=O) groups excluding carboxylic acids is 1. The highest BCUT2D eigenvalue weighted by atomic mass is 16.2. The highest BCUT2D eigenvalue weighted by Crippen LogP contribution is 2.26. The van der Waals surface area contributed by atoms with E-state index in [0.29, 0.717) is 6.42 Å². The minimum Gasteiger partial charge on any atom is -0.349 e. The zero-order valence-electron chi connectivity index (χ0n) is 9.39. The van der Waals surface area contributed by atoms with Crippen molar-refractivity contribution in [1.82, 2.24) is 5.32 Å². The number of β-lactam (4-membered cyclic amide) rings is 1. The van der Waals surface area contributed by atoms with Crippen molar-refractivity contribution in [2.24, 2.45) is 0 Å². The maximum absolute atomic E-state index is 10.9. The molecular formula is C15H13NO. The van der Waals surface area contributed by atoms with Crippen molar-refractivity contribution in [2.75, 3.05) is 0 Å². The Labute approximate surface area is 100 Å². The first kappa shape index (κ1) is 10.1. The van der Waals surface area contributed by atoms with Crippen LogP contribution in [-0.4, -0.2) is 5.91 Å². The molecule has 0 aromatic heterocycles. The SMILES string of the molecule is O=C1CC(c2ccc(-c3ccccc3)cc2)N1.